The summed E-state index contributed by atoms with van der Waals surface area (Å²) in [7, 11) is 0. The van der Waals surface area contributed by atoms with Gasteiger partial charge in [-0.05, 0) is 30.4 Å². The third-order valence-corrected chi connectivity index (χ3v) is 3.39. The summed E-state index contributed by atoms with van der Waals surface area (Å²) in [6.07, 6.45) is 16.9. The standard InChI is InChI=1S/C13H14/c1-2-6-12-10(4-1)8-9-11-5-3-7-13(11)12/h3,5,7-9,12H,1-2,4,6H2. The minimum atomic E-state index is 0.767. The lowest BCUT2D eigenvalue weighted by atomic mass is 9.75. The molecule has 3 aliphatic rings. The van der Waals surface area contributed by atoms with Crippen LogP contribution >= 0.6 is 0 Å². The lowest BCUT2D eigenvalue weighted by Crippen LogP contribution is -2.15. The molecule has 0 heterocycles. The highest BCUT2D eigenvalue weighted by Gasteiger charge is 2.26. The van der Waals surface area contributed by atoms with Crippen LogP contribution in [-0.4, -0.2) is 0 Å². The van der Waals surface area contributed by atoms with Gasteiger partial charge >= 0.3 is 0 Å². The predicted molar refractivity (Wildman–Crippen MR) is 55.3 cm³/mol. The molecule has 0 nitrogen and oxygen atoms in total. The Kier molecular flexibility index (Phi) is 1.55. The van der Waals surface area contributed by atoms with Gasteiger partial charge in [0.15, 0.2) is 0 Å². The van der Waals surface area contributed by atoms with Crippen LogP contribution in [0.15, 0.2) is 47.1 Å². The summed E-state index contributed by atoms with van der Waals surface area (Å²) in [4.78, 5) is 0. The fourth-order valence-electron chi connectivity index (χ4n) is 2.71. The Bertz CT molecular complexity index is 350. The van der Waals surface area contributed by atoms with Crippen molar-refractivity contribution in [1.29, 1.82) is 0 Å². The first-order valence-corrected chi connectivity index (χ1v) is 5.24. The Morgan fingerprint density at radius 2 is 2.08 bits per heavy atom. The van der Waals surface area contributed by atoms with Crippen molar-refractivity contribution in [3.05, 3.63) is 47.1 Å². The fraction of sp³-hybridized carbons (Fsp3) is 0.385. The monoisotopic (exact) mass is 170 g/mol. The third kappa shape index (κ3) is 1.05. The first kappa shape index (κ1) is 7.37. The molecule has 1 saturated carbocycles. The summed E-state index contributed by atoms with van der Waals surface area (Å²) in [5, 5.41) is 0. The number of hydrogen-bond donors (Lipinski definition) is 0. The van der Waals surface area contributed by atoms with Crippen LogP contribution in [0.5, 0.6) is 0 Å². The number of rotatable bonds is 0. The highest BCUT2D eigenvalue weighted by Crippen LogP contribution is 2.42. The van der Waals surface area contributed by atoms with E-state index in [-0.39, 0.29) is 0 Å². The van der Waals surface area contributed by atoms with Crippen LogP contribution in [0.2, 0.25) is 0 Å². The van der Waals surface area contributed by atoms with Gasteiger partial charge in [0.25, 0.3) is 0 Å². The van der Waals surface area contributed by atoms with E-state index < -0.39 is 0 Å². The van der Waals surface area contributed by atoms with Crippen molar-refractivity contribution in [3.8, 4) is 0 Å². The Morgan fingerprint density at radius 1 is 1.08 bits per heavy atom. The van der Waals surface area contributed by atoms with E-state index in [0.29, 0.717) is 0 Å². The van der Waals surface area contributed by atoms with Crippen molar-refractivity contribution in [2.45, 2.75) is 25.7 Å². The van der Waals surface area contributed by atoms with Gasteiger partial charge in [-0.1, -0.05) is 42.4 Å². The molecule has 0 spiro atoms. The van der Waals surface area contributed by atoms with E-state index in [0.717, 1.165) is 5.92 Å². The molecule has 1 atom stereocenters. The normalized spacial score (nSPS) is 30.2. The molecule has 13 heavy (non-hydrogen) atoms. The van der Waals surface area contributed by atoms with Crippen LogP contribution in [-0.2, 0) is 0 Å². The highest BCUT2D eigenvalue weighted by molar-refractivity contribution is 5.56. The van der Waals surface area contributed by atoms with Crippen molar-refractivity contribution in [2.24, 2.45) is 5.92 Å². The van der Waals surface area contributed by atoms with Crippen molar-refractivity contribution in [2.75, 3.05) is 0 Å². The molecule has 0 N–H and O–H groups in total. The van der Waals surface area contributed by atoms with Crippen molar-refractivity contribution >= 4 is 0 Å². The zero-order chi connectivity index (χ0) is 8.67. The van der Waals surface area contributed by atoms with Gasteiger partial charge in [-0.3, -0.25) is 0 Å². The molecule has 0 aromatic rings. The highest BCUT2D eigenvalue weighted by atomic mass is 14.3. The zero-order valence-corrected chi connectivity index (χ0v) is 7.79. The Hall–Kier alpha value is -1.04. The minimum Gasteiger partial charge on any atom is -0.0627 e. The van der Waals surface area contributed by atoms with Crippen LogP contribution in [0, 0.1) is 5.92 Å². The molecule has 0 radical (unpaired) electrons. The molecule has 0 amide bonds. The van der Waals surface area contributed by atoms with Gasteiger partial charge in [-0.15, -0.1) is 0 Å². The molecule has 0 aromatic heterocycles. The summed E-state index contributed by atoms with van der Waals surface area (Å²) in [5.74, 6) is 0.767. The maximum absolute atomic E-state index is 2.35. The van der Waals surface area contributed by atoms with Gasteiger partial charge in [0, 0.05) is 5.92 Å². The van der Waals surface area contributed by atoms with Crippen LogP contribution in [0.3, 0.4) is 0 Å². The molecule has 1 fully saturated rings. The van der Waals surface area contributed by atoms with Gasteiger partial charge in [-0.2, -0.15) is 0 Å². The molecule has 66 valence electrons. The van der Waals surface area contributed by atoms with E-state index in [2.05, 4.69) is 30.4 Å². The Balaban J connectivity index is 2.03. The third-order valence-electron chi connectivity index (χ3n) is 3.39. The SMILES string of the molecule is C1=CC2=CC=C3CCCCC3C2=C1. The molecule has 0 heteroatoms. The van der Waals surface area contributed by atoms with Crippen LogP contribution in [0.1, 0.15) is 25.7 Å². The molecule has 0 aromatic carbocycles. The fourth-order valence-corrected chi connectivity index (χ4v) is 2.71. The van der Waals surface area contributed by atoms with Crippen molar-refractivity contribution in [1.82, 2.24) is 0 Å². The van der Waals surface area contributed by atoms with Crippen LogP contribution in [0.4, 0.5) is 0 Å². The number of fused-ring (bicyclic) bond motifs is 3. The molecule has 1 unspecified atom stereocenters. The summed E-state index contributed by atoms with van der Waals surface area (Å²) in [5.41, 5.74) is 4.71. The van der Waals surface area contributed by atoms with Crippen LogP contribution in [0.25, 0.3) is 0 Å². The molecular formula is C13H14. The molecule has 0 saturated heterocycles. The maximum Gasteiger partial charge on any atom is 0.00572 e. The smallest absolute Gasteiger partial charge is 0.00572 e. The average Bonchev–Trinajstić information content (AvgIpc) is 2.65. The van der Waals surface area contributed by atoms with Gasteiger partial charge in [0.2, 0.25) is 0 Å². The summed E-state index contributed by atoms with van der Waals surface area (Å²) in [6.45, 7) is 0. The van der Waals surface area contributed by atoms with Gasteiger partial charge in [0.1, 0.15) is 0 Å². The predicted octanol–water partition coefficient (Wildman–Crippen LogP) is 3.54. The lowest BCUT2D eigenvalue weighted by molar-refractivity contribution is 0.503. The average molecular weight is 170 g/mol. The van der Waals surface area contributed by atoms with Gasteiger partial charge < -0.3 is 0 Å². The molecule has 0 bridgehead atoms. The minimum absolute atomic E-state index is 0.767. The van der Waals surface area contributed by atoms with E-state index in [1.165, 1.54) is 31.3 Å². The molecular weight excluding hydrogens is 156 g/mol. The number of allylic oxidation sites excluding steroid dienone is 8. The van der Waals surface area contributed by atoms with Crippen LogP contribution < -0.4 is 0 Å². The van der Waals surface area contributed by atoms with E-state index >= 15 is 0 Å². The van der Waals surface area contributed by atoms with E-state index in [9.17, 15) is 0 Å². The lowest BCUT2D eigenvalue weighted by Gasteiger charge is -2.29. The van der Waals surface area contributed by atoms with E-state index in [1.54, 1.807) is 11.1 Å². The van der Waals surface area contributed by atoms with Crippen molar-refractivity contribution in [3.63, 3.8) is 0 Å². The van der Waals surface area contributed by atoms with Gasteiger partial charge in [-0.25, -0.2) is 0 Å². The second-order valence-corrected chi connectivity index (χ2v) is 4.14. The second kappa shape index (κ2) is 2.73. The molecule has 3 aliphatic carbocycles. The van der Waals surface area contributed by atoms with E-state index in [1.807, 2.05) is 0 Å². The molecule has 0 aliphatic heterocycles. The first-order valence-electron chi connectivity index (χ1n) is 5.24. The van der Waals surface area contributed by atoms with E-state index in [4.69, 9.17) is 0 Å². The molecule has 3 rings (SSSR count). The van der Waals surface area contributed by atoms with Gasteiger partial charge in [0.05, 0.1) is 0 Å². The quantitative estimate of drug-likeness (QED) is 0.521. The number of hydrogen-bond acceptors (Lipinski definition) is 0. The topological polar surface area (TPSA) is 0 Å². The first-order chi connectivity index (χ1) is 6.45. The second-order valence-electron chi connectivity index (χ2n) is 4.14. The Morgan fingerprint density at radius 3 is 3.08 bits per heavy atom. The zero-order valence-electron chi connectivity index (χ0n) is 7.79. The van der Waals surface area contributed by atoms with Crippen molar-refractivity contribution < 1.29 is 0 Å². The largest absolute Gasteiger partial charge is 0.0627 e. The summed E-state index contributed by atoms with van der Waals surface area (Å²) >= 11 is 0. The maximum atomic E-state index is 2.35. The summed E-state index contributed by atoms with van der Waals surface area (Å²) in [6, 6.07) is 0. The summed E-state index contributed by atoms with van der Waals surface area (Å²) < 4.78 is 0. The Labute approximate surface area is 79.3 Å².